The summed E-state index contributed by atoms with van der Waals surface area (Å²) < 4.78 is 14.9. The van der Waals surface area contributed by atoms with Crippen molar-refractivity contribution in [3.63, 3.8) is 0 Å². The van der Waals surface area contributed by atoms with Gasteiger partial charge in [0.25, 0.3) is 11.5 Å². The van der Waals surface area contributed by atoms with Gasteiger partial charge in [-0.1, -0.05) is 13.8 Å². The summed E-state index contributed by atoms with van der Waals surface area (Å²) in [6, 6.07) is 5.96. The second-order valence-corrected chi connectivity index (χ2v) is 7.88. The Labute approximate surface area is 173 Å². The van der Waals surface area contributed by atoms with Gasteiger partial charge in [-0.05, 0) is 35.7 Å². The number of halogens is 1. The van der Waals surface area contributed by atoms with Gasteiger partial charge in [0.15, 0.2) is 5.69 Å². The summed E-state index contributed by atoms with van der Waals surface area (Å²) in [5.74, 6) is -0.409. The minimum Gasteiger partial charge on any atom is -0.367 e. The third kappa shape index (κ3) is 3.65. The number of amides is 1. The molecule has 0 saturated carbocycles. The first kappa shape index (κ1) is 20.0. The van der Waals surface area contributed by atoms with Crippen molar-refractivity contribution < 1.29 is 9.18 Å². The third-order valence-electron chi connectivity index (χ3n) is 5.56. The van der Waals surface area contributed by atoms with E-state index in [4.69, 9.17) is 0 Å². The number of aromatic nitrogens is 3. The normalized spacial score (nSPS) is 14.6. The predicted octanol–water partition coefficient (Wildman–Crippen LogP) is 2.55. The second kappa shape index (κ2) is 7.85. The first-order valence-electron chi connectivity index (χ1n) is 10.0. The largest absolute Gasteiger partial charge is 0.367 e. The number of carbonyl (C=O) groups is 1. The van der Waals surface area contributed by atoms with E-state index in [1.54, 1.807) is 4.90 Å². The Kier molecular flexibility index (Phi) is 5.24. The van der Waals surface area contributed by atoms with E-state index in [0.29, 0.717) is 32.1 Å². The highest BCUT2D eigenvalue weighted by Crippen LogP contribution is 2.22. The Morgan fingerprint density at radius 1 is 1.07 bits per heavy atom. The van der Waals surface area contributed by atoms with E-state index in [9.17, 15) is 14.0 Å². The van der Waals surface area contributed by atoms with Crippen LogP contribution in [0.2, 0.25) is 0 Å². The monoisotopic (exact) mass is 409 g/mol. The molecule has 0 bridgehead atoms. The smallest absolute Gasteiger partial charge is 0.275 e. The molecule has 3 aromatic rings. The van der Waals surface area contributed by atoms with Crippen LogP contribution in [0.1, 0.15) is 35.8 Å². The van der Waals surface area contributed by atoms with Crippen LogP contribution in [0.25, 0.3) is 10.8 Å². The van der Waals surface area contributed by atoms with Crippen molar-refractivity contribution in [2.45, 2.75) is 19.8 Å². The molecule has 1 fully saturated rings. The van der Waals surface area contributed by atoms with Crippen LogP contribution in [0.5, 0.6) is 0 Å². The average Bonchev–Trinajstić information content (AvgIpc) is 2.76. The SMILES string of the molecule is CC(C)c1cncc(N2CCN(C(=O)c3nn(C)c(=O)c4ccc(F)cc34)CC2)c1. The van der Waals surface area contributed by atoms with E-state index < -0.39 is 5.82 Å². The number of piperazine rings is 1. The van der Waals surface area contributed by atoms with Gasteiger partial charge in [0, 0.05) is 44.8 Å². The van der Waals surface area contributed by atoms with E-state index in [2.05, 4.69) is 34.9 Å². The molecule has 1 amide bonds. The topological polar surface area (TPSA) is 71.3 Å². The lowest BCUT2D eigenvalue weighted by Crippen LogP contribution is -2.49. The number of rotatable bonds is 3. The summed E-state index contributed by atoms with van der Waals surface area (Å²) in [5, 5.41) is 4.68. The van der Waals surface area contributed by atoms with Crippen LogP contribution >= 0.6 is 0 Å². The molecule has 0 aliphatic carbocycles. The van der Waals surface area contributed by atoms with Crippen LogP contribution in [-0.4, -0.2) is 51.8 Å². The summed E-state index contributed by atoms with van der Waals surface area (Å²) >= 11 is 0. The van der Waals surface area contributed by atoms with E-state index >= 15 is 0 Å². The maximum absolute atomic E-state index is 13.8. The molecule has 1 aliphatic heterocycles. The van der Waals surface area contributed by atoms with Gasteiger partial charge in [-0.2, -0.15) is 5.10 Å². The molecule has 3 heterocycles. The molecule has 0 unspecified atom stereocenters. The number of benzene rings is 1. The predicted molar refractivity (Wildman–Crippen MR) is 113 cm³/mol. The van der Waals surface area contributed by atoms with Crippen molar-refractivity contribution in [3.8, 4) is 0 Å². The van der Waals surface area contributed by atoms with Crippen molar-refractivity contribution in [1.82, 2.24) is 19.7 Å². The minimum absolute atomic E-state index is 0.100. The zero-order chi connectivity index (χ0) is 21.4. The third-order valence-corrected chi connectivity index (χ3v) is 5.56. The van der Waals surface area contributed by atoms with E-state index in [-0.39, 0.29) is 27.9 Å². The van der Waals surface area contributed by atoms with Crippen LogP contribution in [0, 0.1) is 5.82 Å². The molecule has 0 radical (unpaired) electrons. The Morgan fingerprint density at radius 3 is 2.50 bits per heavy atom. The molecular weight excluding hydrogens is 385 g/mol. The van der Waals surface area contributed by atoms with E-state index in [1.807, 2.05) is 12.4 Å². The molecule has 0 spiro atoms. The number of aryl methyl sites for hydroxylation is 1. The average molecular weight is 409 g/mol. The van der Waals surface area contributed by atoms with Crippen LogP contribution in [0.4, 0.5) is 10.1 Å². The van der Waals surface area contributed by atoms with E-state index in [0.717, 1.165) is 10.4 Å². The molecular formula is C22H24FN5O2. The number of hydrogen-bond donors (Lipinski definition) is 0. The van der Waals surface area contributed by atoms with Gasteiger partial charge in [0.1, 0.15) is 5.82 Å². The fourth-order valence-corrected chi connectivity index (χ4v) is 3.73. The number of pyridine rings is 1. The molecule has 0 atom stereocenters. The van der Waals surface area contributed by atoms with Crippen molar-refractivity contribution >= 4 is 22.4 Å². The summed E-state index contributed by atoms with van der Waals surface area (Å²) in [7, 11) is 1.49. The second-order valence-electron chi connectivity index (χ2n) is 7.88. The lowest BCUT2D eigenvalue weighted by atomic mass is 10.1. The first-order chi connectivity index (χ1) is 14.3. The zero-order valence-corrected chi connectivity index (χ0v) is 17.3. The molecule has 0 N–H and O–H groups in total. The van der Waals surface area contributed by atoms with Gasteiger partial charge >= 0.3 is 0 Å². The van der Waals surface area contributed by atoms with Gasteiger partial charge in [-0.3, -0.25) is 14.6 Å². The van der Waals surface area contributed by atoms with Gasteiger partial charge in [-0.15, -0.1) is 0 Å². The van der Waals surface area contributed by atoms with Crippen LogP contribution in [0.15, 0.2) is 41.5 Å². The van der Waals surface area contributed by atoms with Crippen LogP contribution in [0.3, 0.4) is 0 Å². The van der Waals surface area contributed by atoms with Crippen molar-refractivity contribution in [1.29, 1.82) is 0 Å². The van der Waals surface area contributed by atoms with Gasteiger partial charge < -0.3 is 9.80 Å². The quantitative estimate of drug-likeness (QED) is 0.665. The molecule has 7 nitrogen and oxygen atoms in total. The van der Waals surface area contributed by atoms with Crippen molar-refractivity contribution in [3.05, 3.63) is 64.1 Å². The fraction of sp³-hybridized carbons (Fsp3) is 0.364. The highest BCUT2D eigenvalue weighted by atomic mass is 19.1. The highest BCUT2D eigenvalue weighted by Gasteiger charge is 2.26. The highest BCUT2D eigenvalue weighted by molar-refractivity contribution is 6.04. The Hall–Kier alpha value is -3.29. The lowest BCUT2D eigenvalue weighted by Gasteiger charge is -2.36. The zero-order valence-electron chi connectivity index (χ0n) is 17.3. The van der Waals surface area contributed by atoms with Gasteiger partial charge in [0.2, 0.25) is 0 Å². The molecule has 2 aromatic heterocycles. The molecule has 8 heteroatoms. The number of fused-ring (bicyclic) bond motifs is 1. The number of hydrogen-bond acceptors (Lipinski definition) is 5. The van der Waals surface area contributed by atoms with Crippen molar-refractivity contribution in [2.24, 2.45) is 7.05 Å². The van der Waals surface area contributed by atoms with Gasteiger partial charge in [0.05, 0.1) is 17.3 Å². The fourth-order valence-electron chi connectivity index (χ4n) is 3.73. The summed E-state index contributed by atoms with van der Waals surface area (Å²) in [6.45, 7) is 6.59. The molecule has 30 heavy (non-hydrogen) atoms. The summed E-state index contributed by atoms with van der Waals surface area (Å²) in [4.78, 5) is 33.7. The Morgan fingerprint density at radius 2 is 1.80 bits per heavy atom. The van der Waals surface area contributed by atoms with Crippen LogP contribution in [-0.2, 0) is 7.05 Å². The van der Waals surface area contributed by atoms with Crippen LogP contribution < -0.4 is 10.5 Å². The molecule has 1 aromatic carbocycles. The number of anilines is 1. The maximum Gasteiger partial charge on any atom is 0.275 e. The minimum atomic E-state index is -0.506. The number of nitrogens with zero attached hydrogens (tertiary/aromatic N) is 5. The van der Waals surface area contributed by atoms with Gasteiger partial charge in [-0.25, -0.2) is 9.07 Å². The molecule has 156 valence electrons. The van der Waals surface area contributed by atoms with Crippen molar-refractivity contribution in [2.75, 3.05) is 31.1 Å². The molecule has 4 rings (SSSR count). The van der Waals surface area contributed by atoms with E-state index in [1.165, 1.54) is 30.8 Å². The maximum atomic E-state index is 13.8. The summed E-state index contributed by atoms with van der Waals surface area (Å²) in [5.41, 5.74) is 1.96. The summed E-state index contributed by atoms with van der Waals surface area (Å²) in [6.07, 6.45) is 3.72. The Balaban J connectivity index is 1.57. The lowest BCUT2D eigenvalue weighted by molar-refractivity contribution is 0.0740. The molecule has 1 saturated heterocycles. The Bertz CT molecular complexity index is 1170. The number of carbonyl (C=O) groups excluding carboxylic acids is 1. The first-order valence-corrected chi connectivity index (χ1v) is 10.0. The standard InChI is InChI=1S/C22H24FN5O2/c1-14(2)15-10-17(13-24-12-15)27-6-8-28(9-7-27)22(30)20-19-11-16(23)4-5-18(19)21(29)26(3)25-20/h4-5,10-14H,6-9H2,1-3H3. The molecule has 1 aliphatic rings.